The van der Waals surface area contributed by atoms with E-state index in [0.717, 1.165) is 16.3 Å². The topological polar surface area (TPSA) is 84.6 Å². The van der Waals surface area contributed by atoms with Gasteiger partial charge in [-0.1, -0.05) is 23.2 Å². The summed E-state index contributed by atoms with van der Waals surface area (Å²) < 4.78 is 48.3. The molecule has 3 aromatic heterocycles. The minimum absolute atomic E-state index is 0.00908. The van der Waals surface area contributed by atoms with E-state index in [2.05, 4.69) is 20.4 Å². The van der Waals surface area contributed by atoms with Crippen molar-refractivity contribution in [2.75, 3.05) is 23.9 Å². The average molecular weight is 475 g/mol. The number of halogens is 5. The minimum atomic E-state index is -4.67. The number of amides is 2. The number of alkyl halides is 3. The molecule has 0 aliphatic carbocycles. The van der Waals surface area contributed by atoms with Crippen molar-refractivity contribution in [1.82, 2.24) is 19.6 Å². The molecule has 31 heavy (non-hydrogen) atoms. The predicted molar refractivity (Wildman–Crippen MR) is 108 cm³/mol. The Balaban J connectivity index is 1.73. The van der Waals surface area contributed by atoms with Gasteiger partial charge in [-0.05, 0) is 13.0 Å². The van der Waals surface area contributed by atoms with Crippen LogP contribution < -0.4 is 10.2 Å². The lowest BCUT2D eigenvalue weighted by molar-refractivity contribution is -0.181. The van der Waals surface area contributed by atoms with Gasteiger partial charge in [0.25, 0.3) is 0 Å². The molecule has 0 spiro atoms. The molecule has 13 heteroatoms. The molecule has 0 aromatic carbocycles. The lowest BCUT2D eigenvalue weighted by Gasteiger charge is -2.28. The molecule has 164 valence electrons. The number of carbonyl (C=O) groups excluding carboxylic acids is 1. The van der Waals surface area contributed by atoms with Crippen molar-refractivity contribution in [2.24, 2.45) is 0 Å². The number of nitrogens with one attached hydrogen (secondary N) is 1. The van der Waals surface area contributed by atoms with Gasteiger partial charge in [0, 0.05) is 19.7 Å². The lowest BCUT2D eigenvalue weighted by atomic mass is 9.88. The monoisotopic (exact) mass is 474 g/mol. The van der Waals surface area contributed by atoms with Gasteiger partial charge >= 0.3 is 12.2 Å². The fourth-order valence-electron chi connectivity index (χ4n) is 3.46. The molecule has 0 saturated carbocycles. The SMILES string of the molecule is COCc1ncc(NC(=O)N2C[C@@](C)(C(F)(F)F)c3c2cnc2cc(Cl)nn32)cc1Cl. The Labute approximate surface area is 183 Å². The standard InChI is InChI=1S/C18H15Cl2F3N6O2/c1-17(18(21,22)23)8-28(12-6-25-14-4-13(20)27-29(14)15(12)17)16(30)26-9-3-10(19)11(7-31-2)24-5-9/h3-6H,7-8H2,1-2H3,(H,26,30)/t17-/m1/s1. The average Bonchev–Trinajstić information content (AvgIpc) is 3.21. The first kappa shape index (κ1) is 21.6. The maximum absolute atomic E-state index is 14.1. The van der Waals surface area contributed by atoms with Gasteiger partial charge in [0.15, 0.2) is 10.8 Å². The third-order valence-electron chi connectivity index (χ3n) is 5.04. The second kappa shape index (κ2) is 7.50. The van der Waals surface area contributed by atoms with E-state index >= 15 is 0 Å². The number of carbonyl (C=O) groups is 1. The minimum Gasteiger partial charge on any atom is -0.378 e. The Morgan fingerprint density at radius 3 is 2.68 bits per heavy atom. The van der Waals surface area contributed by atoms with Gasteiger partial charge in [0.1, 0.15) is 5.41 Å². The molecule has 0 bridgehead atoms. The van der Waals surface area contributed by atoms with Gasteiger partial charge in [-0.25, -0.2) is 14.3 Å². The van der Waals surface area contributed by atoms with E-state index in [4.69, 9.17) is 27.9 Å². The van der Waals surface area contributed by atoms with Crippen molar-refractivity contribution in [3.8, 4) is 0 Å². The number of hydrogen-bond donors (Lipinski definition) is 1. The van der Waals surface area contributed by atoms with Crippen molar-refractivity contribution < 1.29 is 22.7 Å². The summed E-state index contributed by atoms with van der Waals surface area (Å²) in [6, 6.07) is 1.98. The molecule has 0 radical (unpaired) electrons. The van der Waals surface area contributed by atoms with Crippen LogP contribution in [-0.2, 0) is 16.8 Å². The first-order valence-electron chi connectivity index (χ1n) is 8.88. The summed E-state index contributed by atoms with van der Waals surface area (Å²) in [6.45, 7) is 0.509. The molecule has 0 unspecified atom stereocenters. The van der Waals surface area contributed by atoms with Gasteiger partial charge < -0.3 is 10.1 Å². The van der Waals surface area contributed by atoms with Crippen LogP contribution >= 0.6 is 23.2 Å². The number of fused-ring (bicyclic) bond motifs is 3. The third kappa shape index (κ3) is 3.56. The first-order valence-corrected chi connectivity index (χ1v) is 9.64. The Bertz CT molecular complexity index is 1190. The molecular weight excluding hydrogens is 460 g/mol. The zero-order chi connectivity index (χ0) is 22.6. The van der Waals surface area contributed by atoms with Crippen LogP contribution in [-0.4, -0.2) is 45.4 Å². The van der Waals surface area contributed by atoms with Crippen LogP contribution in [0.4, 0.5) is 29.3 Å². The molecular formula is C18H15Cl2F3N6O2. The quantitative estimate of drug-likeness (QED) is 0.605. The summed E-state index contributed by atoms with van der Waals surface area (Å²) in [5.74, 6) is 0. The van der Waals surface area contributed by atoms with E-state index in [0.29, 0.717) is 5.69 Å². The lowest BCUT2D eigenvalue weighted by Crippen LogP contribution is -2.46. The van der Waals surface area contributed by atoms with Crippen molar-refractivity contribution in [1.29, 1.82) is 0 Å². The largest absolute Gasteiger partial charge is 0.401 e. The highest BCUT2D eigenvalue weighted by Crippen LogP contribution is 2.50. The summed E-state index contributed by atoms with van der Waals surface area (Å²) in [5.41, 5.74) is -1.83. The van der Waals surface area contributed by atoms with Gasteiger partial charge in [0.2, 0.25) is 0 Å². The van der Waals surface area contributed by atoms with Crippen LogP contribution in [0.3, 0.4) is 0 Å². The highest BCUT2D eigenvalue weighted by Gasteiger charge is 2.60. The highest BCUT2D eigenvalue weighted by atomic mass is 35.5. The number of hydrogen-bond acceptors (Lipinski definition) is 5. The van der Waals surface area contributed by atoms with E-state index in [9.17, 15) is 18.0 Å². The van der Waals surface area contributed by atoms with E-state index < -0.39 is 24.2 Å². The number of rotatable bonds is 3. The van der Waals surface area contributed by atoms with E-state index in [-0.39, 0.29) is 39.5 Å². The zero-order valence-electron chi connectivity index (χ0n) is 16.2. The van der Waals surface area contributed by atoms with Crippen molar-refractivity contribution in [3.05, 3.63) is 46.1 Å². The van der Waals surface area contributed by atoms with Crippen LogP contribution in [0.2, 0.25) is 10.2 Å². The Morgan fingerprint density at radius 2 is 2.03 bits per heavy atom. The number of anilines is 2. The number of urea groups is 1. The molecule has 3 aromatic rings. The van der Waals surface area contributed by atoms with E-state index in [1.165, 1.54) is 31.6 Å². The molecule has 1 aliphatic rings. The third-order valence-corrected chi connectivity index (χ3v) is 5.55. The molecule has 4 heterocycles. The zero-order valence-corrected chi connectivity index (χ0v) is 17.7. The van der Waals surface area contributed by atoms with Crippen LogP contribution in [0, 0.1) is 0 Å². The summed E-state index contributed by atoms with van der Waals surface area (Å²) in [6.07, 6.45) is -2.13. The first-order chi connectivity index (χ1) is 14.5. The van der Waals surface area contributed by atoms with Gasteiger partial charge in [0.05, 0.1) is 46.8 Å². The second-order valence-electron chi connectivity index (χ2n) is 7.16. The Hall–Kier alpha value is -2.63. The molecule has 1 atom stereocenters. The maximum Gasteiger partial charge on any atom is 0.401 e. The molecule has 0 fully saturated rings. The summed E-state index contributed by atoms with van der Waals surface area (Å²) in [5, 5.41) is 6.70. The van der Waals surface area contributed by atoms with E-state index in [1.807, 2.05) is 0 Å². The maximum atomic E-state index is 14.1. The van der Waals surface area contributed by atoms with Crippen molar-refractivity contribution in [2.45, 2.75) is 25.1 Å². The predicted octanol–water partition coefficient (Wildman–Crippen LogP) is 4.45. The van der Waals surface area contributed by atoms with Gasteiger partial charge in [-0.15, -0.1) is 0 Å². The molecule has 1 aliphatic heterocycles. The Morgan fingerprint density at radius 1 is 1.29 bits per heavy atom. The summed E-state index contributed by atoms with van der Waals surface area (Å²) in [7, 11) is 1.48. The number of methoxy groups -OCH3 is 1. The Kier molecular flexibility index (Phi) is 5.23. The summed E-state index contributed by atoms with van der Waals surface area (Å²) in [4.78, 5) is 22.1. The number of ether oxygens (including phenoxy) is 1. The van der Waals surface area contributed by atoms with Crippen LogP contribution in [0.25, 0.3) is 5.65 Å². The molecule has 8 nitrogen and oxygen atoms in total. The molecule has 4 rings (SSSR count). The van der Waals surface area contributed by atoms with Crippen LogP contribution in [0.15, 0.2) is 24.5 Å². The van der Waals surface area contributed by atoms with Gasteiger partial charge in [-0.3, -0.25) is 9.88 Å². The van der Waals surface area contributed by atoms with Crippen LogP contribution in [0.1, 0.15) is 18.3 Å². The van der Waals surface area contributed by atoms with Crippen molar-refractivity contribution >= 4 is 46.3 Å². The smallest absolute Gasteiger partial charge is 0.378 e. The van der Waals surface area contributed by atoms with E-state index in [1.54, 1.807) is 0 Å². The fourth-order valence-corrected chi connectivity index (χ4v) is 3.85. The van der Waals surface area contributed by atoms with Crippen LogP contribution in [0.5, 0.6) is 0 Å². The molecule has 0 saturated heterocycles. The summed E-state index contributed by atoms with van der Waals surface area (Å²) >= 11 is 12.0. The van der Waals surface area contributed by atoms with Crippen molar-refractivity contribution in [3.63, 3.8) is 0 Å². The normalized spacial score (nSPS) is 18.5. The highest BCUT2D eigenvalue weighted by molar-refractivity contribution is 6.31. The molecule has 2 amide bonds. The number of aromatic nitrogens is 4. The molecule has 1 N–H and O–H groups in total. The number of nitrogens with zero attached hydrogens (tertiary/aromatic N) is 5. The number of pyridine rings is 1. The second-order valence-corrected chi connectivity index (χ2v) is 7.96. The fraction of sp³-hybridized carbons (Fsp3) is 0.333. The van der Waals surface area contributed by atoms with Gasteiger partial charge in [-0.2, -0.15) is 18.3 Å².